The van der Waals surface area contributed by atoms with Crippen LogP contribution in [0.4, 0.5) is 0 Å². The van der Waals surface area contributed by atoms with Crippen LogP contribution < -0.4 is 0 Å². The molecule has 0 saturated heterocycles. The van der Waals surface area contributed by atoms with Gasteiger partial charge < -0.3 is 0 Å². The molecule has 1 aromatic rings. The van der Waals surface area contributed by atoms with E-state index in [1.54, 1.807) is 11.3 Å². The molecule has 0 radical (unpaired) electrons. The Morgan fingerprint density at radius 2 is 2.42 bits per heavy atom. The first-order chi connectivity index (χ1) is 5.88. The average molecular weight is 179 g/mol. The summed E-state index contributed by atoms with van der Waals surface area (Å²) in [7, 11) is 0. The van der Waals surface area contributed by atoms with Gasteiger partial charge in [-0.3, -0.25) is 0 Å². The van der Waals surface area contributed by atoms with Crippen molar-refractivity contribution < 1.29 is 0 Å². The zero-order chi connectivity index (χ0) is 8.81. The van der Waals surface area contributed by atoms with E-state index in [1.807, 2.05) is 0 Å². The van der Waals surface area contributed by atoms with E-state index in [2.05, 4.69) is 24.4 Å². The van der Waals surface area contributed by atoms with Gasteiger partial charge in [-0.05, 0) is 29.9 Å². The molecular formula is C10H13NS. The van der Waals surface area contributed by atoms with E-state index in [0.29, 0.717) is 6.42 Å². The Labute approximate surface area is 77.7 Å². The Kier molecular flexibility index (Phi) is 3.83. The van der Waals surface area contributed by atoms with Crippen molar-refractivity contribution in [3.05, 3.63) is 21.9 Å². The summed E-state index contributed by atoms with van der Waals surface area (Å²) in [5, 5.41) is 10.6. The van der Waals surface area contributed by atoms with Crippen LogP contribution in [0.5, 0.6) is 0 Å². The van der Waals surface area contributed by atoms with Crippen LogP contribution in [-0.2, 0) is 12.8 Å². The van der Waals surface area contributed by atoms with Crippen LogP contribution in [0.15, 0.2) is 11.4 Å². The van der Waals surface area contributed by atoms with Crippen molar-refractivity contribution in [3.63, 3.8) is 0 Å². The number of nitrogens with zero attached hydrogens (tertiary/aromatic N) is 1. The fraction of sp³-hybridized carbons (Fsp3) is 0.500. The van der Waals surface area contributed by atoms with Gasteiger partial charge in [-0.2, -0.15) is 5.26 Å². The van der Waals surface area contributed by atoms with E-state index in [0.717, 1.165) is 6.42 Å². The van der Waals surface area contributed by atoms with E-state index in [-0.39, 0.29) is 0 Å². The molecule has 0 aliphatic heterocycles. The lowest BCUT2D eigenvalue weighted by atomic mass is 10.1. The summed E-state index contributed by atoms with van der Waals surface area (Å²) in [5.74, 6) is 0. The monoisotopic (exact) mass is 179 g/mol. The van der Waals surface area contributed by atoms with Crippen molar-refractivity contribution in [2.75, 3.05) is 0 Å². The first-order valence-corrected chi connectivity index (χ1v) is 5.18. The highest BCUT2D eigenvalue weighted by atomic mass is 32.1. The Morgan fingerprint density at radius 1 is 1.58 bits per heavy atom. The van der Waals surface area contributed by atoms with Crippen LogP contribution in [0.2, 0.25) is 0 Å². The highest BCUT2D eigenvalue weighted by Gasteiger charge is 2.02. The van der Waals surface area contributed by atoms with Gasteiger partial charge in [0.15, 0.2) is 0 Å². The SMILES string of the molecule is CCCCc1ccsc1CC#N. The Morgan fingerprint density at radius 3 is 3.08 bits per heavy atom. The van der Waals surface area contributed by atoms with Crippen LogP contribution in [0.1, 0.15) is 30.2 Å². The lowest BCUT2D eigenvalue weighted by molar-refractivity contribution is 0.793. The third-order valence-electron chi connectivity index (χ3n) is 1.88. The molecule has 1 heterocycles. The van der Waals surface area contributed by atoms with Gasteiger partial charge in [-0.15, -0.1) is 11.3 Å². The molecule has 64 valence electrons. The normalized spacial score (nSPS) is 9.67. The van der Waals surface area contributed by atoms with Gasteiger partial charge in [0.2, 0.25) is 0 Å². The van der Waals surface area contributed by atoms with E-state index in [9.17, 15) is 0 Å². The minimum absolute atomic E-state index is 0.580. The van der Waals surface area contributed by atoms with Gasteiger partial charge in [0, 0.05) is 4.88 Å². The first kappa shape index (κ1) is 9.28. The topological polar surface area (TPSA) is 23.8 Å². The Bertz CT molecular complexity index is 270. The second-order valence-electron chi connectivity index (χ2n) is 2.81. The standard InChI is InChI=1S/C10H13NS/c1-2-3-4-9-6-8-12-10(9)5-7-11/h6,8H,2-5H2,1H3. The Hall–Kier alpha value is -0.810. The van der Waals surface area contributed by atoms with E-state index >= 15 is 0 Å². The van der Waals surface area contributed by atoms with Crippen LogP contribution in [0.25, 0.3) is 0 Å². The summed E-state index contributed by atoms with van der Waals surface area (Å²) in [4.78, 5) is 1.26. The average Bonchev–Trinajstić information content (AvgIpc) is 2.50. The minimum atomic E-state index is 0.580. The number of aryl methyl sites for hydroxylation is 1. The van der Waals surface area contributed by atoms with Crippen molar-refractivity contribution in [3.8, 4) is 6.07 Å². The van der Waals surface area contributed by atoms with Crippen LogP contribution in [0.3, 0.4) is 0 Å². The van der Waals surface area contributed by atoms with Crippen molar-refractivity contribution in [1.29, 1.82) is 5.26 Å². The Balaban J connectivity index is 2.58. The molecule has 0 N–H and O–H groups in total. The van der Waals surface area contributed by atoms with Crippen LogP contribution in [-0.4, -0.2) is 0 Å². The number of thiophene rings is 1. The maximum atomic E-state index is 8.54. The van der Waals surface area contributed by atoms with E-state index in [4.69, 9.17) is 5.26 Å². The van der Waals surface area contributed by atoms with Gasteiger partial charge in [0.25, 0.3) is 0 Å². The summed E-state index contributed by atoms with van der Waals surface area (Å²) in [6.07, 6.45) is 4.17. The zero-order valence-corrected chi connectivity index (χ0v) is 8.16. The lowest BCUT2D eigenvalue weighted by Crippen LogP contribution is -1.86. The maximum Gasteiger partial charge on any atom is 0.0698 e. The molecule has 0 aliphatic carbocycles. The molecule has 0 atom stereocenters. The predicted octanol–water partition coefficient (Wildman–Crippen LogP) is 3.16. The largest absolute Gasteiger partial charge is 0.198 e. The van der Waals surface area contributed by atoms with E-state index < -0.39 is 0 Å². The summed E-state index contributed by atoms with van der Waals surface area (Å²) in [6.45, 7) is 2.19. The summed E-state index contributed by atoms with van der Waals surface area (Å²) in [6, 6.07) is 4.34. The molecule has 0 amide bonds. The minimum Gasteiger partial charge on any atom is -0.198 e. The van der Waals surface area contributed by atoms with Crippen molar-refractivity contribution in [1.82, 2.24) is 0 Å². The fourth-order valence-electron chi connectivity index (χ4n) is 1.18. The molecule has 2 heteroatoms. The molecule has 12 heavy (non-hydrogen) atoms. The smallest absolute Gasteiger partial charge is 0.0698 e. The molecule has 0 fully saturated rings. The maximum absolute atomic E-state index is 8.54. The van der Waals surface area contributed by atoms with E-state index in [1.165, 1.54) is 23.3 Å². The number of nitriles is 1. The summed E-state index contributed by atoms with van der Waals surface area (Å²) >= 11 is 1.70. The fourth-order valence-corrected chi connectivity index (χ4v) is 2.05. The van der Waals surface area contributed by atoms with Gasteiger partial charge >= 0.3 is 0 Å². The van der Waals surface area contributed by atoms with Gasteiger partial charge in [0.05, 0.1) is 12.5 Å². The molecule has 0 spiro atoms. The highest BCUT2D eigenvalue weighted by molar-refractivity contribution is 7.10. The van der Waals surface area contributed by atoms with Gasteiger partial charge in [-0.25, -0.2) is 0 Å². The third-order valence-corrected chi connectivity index (χ3v) is 2.84. The molecule has 1 nitrogen and oxygen atoms in total. The lowest BCUT2D eigenvalue weighted by Gasteiger charge is -1.97. The molecule has 0 bridgehead atoms. The zero-order valence-electron chi connectivity index (χ0n) is 7.34. The van der Waals surface area contributed by atoms with Crippen molar-refractivity contribution in [2.45, 2.75) is 32.6 Å². The second kappa shape index (κ2) is 4.95. The highest BCUT2D eigenvalue weighted by Crippen LogP contribution is 2.19. The number of hydrogen-bond acceptors (Lipinski definition) is 2. The molecule has 0 unspecified atom stereocenters. The quantitative estimate of drug-likeness (QED) is 0.696. The summed E-state index contributed by atoms with van der Waals surface area (Å²) < 4.78 is 0. The third kappa shape index (κ3) is 2.35. The number of rotatable bonds is 4. The molecule has 0 aromatic carbocycles. The second-order valence-corrected chi connectivity index (χ2v) is 3.81. The number of unbranched alkanes of at least 4 members (excludes halogenated alkanes) is 1. The first-order valence-electron chi connectivity index (χ1n) is 4.30. The number of hydrogen-bond donors (Lipinski definition) is 0. The van der Waals surface area contributed by atoms with Gasteiger partial charge in [0.1, 0.15) is 0 Å². The molecule has 0 saturated carbocycles. The van der Waals surface area contributed by atoms with Crippen molar-refractivity contribution in [2.24, 2.45) is 0 Å². The van der Waals surface area contributed by atoms with Gasteiger partial charge in [-0.1, -0.05) is 13.3 Å². The summed E-state index contributed by atoms with van der Waals surface area (Å²) in [5.41, 5.74) is 1.38. The van der Waals surface area contributed by atoms with Crippen LogP contribution in [0, 0.1) is 11.3 Å². The molecular weight excluding hydrogens is 166 g/mol. The molecule has 1 aromatic heterocycles. The predicted molar refractivity (Wildman–Crippen MR) is 52.2 cm³/mol. The molecule has 0 aliphatic rings. The van der Waals surface area contributed by atoms with Crippen LogP contribution >= 0.6 is 11.3 Å². The van der Waals surface area contributed by atoms with Crippen molar-refractivity contribution >= 4 is 11.3 Å². The molecule has 1 rings (SSSR count).